The van der Waals surface area contributed by atoms with E-state index in [-0.39, 0.29) is 6.54 Å². The van der Waals surface area contributed by atoms with Gasteiger partial charge in [-0.25, -0.2) is 4.79 Å². The number of rotatable bonds is 6. The molecule has 2 aromatic carbocycles. The Hall–Kier alpha value is -3.74. The van der Waals surface area contributed by atoms with Crippen molar-refractivity contribution in [1.82, 2.24) is 4.90 Å². The van der Waals surface area contributed by atoms with Gasteiger partial charge < -0.3 is 19.2 Å². The summed E-state index contributed by atoms with van der Waals surface area (Å²) in [7, 11) is 0. The van der Waals surface area contributed by atoms with Crippen molar-refractivity contribution in [1.29, 1.82) is 0 Å². The second-order valence-electron chi connectivity index (χ2n) is 8.32. The zero-order valence-electron chi connectivity index (χ0n) is 18.3. The first kappa shape index (κ1) is 22.5. The van der Waals surface area contributed by atoms with Crippen LogP contribution in [0.3, 0.4) is 0 Å². The molecule has 0 bridgehead atoms. The van der Waals surface area contributed by atoms with Gasteiger partial charge in [0, 0.05) is 30.1 Å². The van der Waals surface area contributed by atoms with Crippen molar-refractivity contribution in [3.05, 3.63) is 70.1 Å². The van der Waals surface area contributed by atoms with Gasteiger partial charge in [0.15, 0.2) is 0 Å². The first-order chi connectivity index (χ1) is 15.9. The van der Waals surface area contributed by atoms with Gasteiger partial charge in [0.2, 0.25) is 5.91 Å². The lowest BCUT2D eigenvalue weighted by Gasteiger charge is -2.32. The smallest absolute Gasteiger partial charge is 0.336 e. The van der Waals surface area contributed by atoms with E-state index in [9.17, 15) is 24.3 Å². The Morgan fingerprint density at radius 2 is 1.97 bits per heavy atom. The Morgan fingerprint density at radius 1 is 1.18 bits per heavy atom. The number of aldehydes is 1. The largest absolute Gasteiger partial charge is 0.481 e. The summed E-state index contributed by atoms with van der Waals surface area (Å²) >= 11 is 0. The molecule has 170 valence electrons. The maximum atomic E-state index is 13.1. The molecule has 3 aromatic rings. The minimum atomic E-state index is -1.10. The van der Waals surface area contributed by atoms with Gasteiger partial charge in [-0.05, 0) is 42.0 Å². The number of aryl methyl sites for hydroxylation is 1. The zero-order chi connectivity index (χ0) is 23.5. The van der Waals surface area contributed by atoms with Gasteiger partial charge in [0.25, 0.3) is 0 Å². The molecule has 1 aromatic heterocycles. The molecule has 1 unspecified atom stereocenters. The minimum absolute atomic E-state index is 0.0825. The summed E-state index contributed by atoms with van der Waals surface area (Å²) in [5.74, 6) is -3.11. The van der Waals surface area contributed by atoms with Crippen LogP contribution in [0, 0.1) is 5.92 Å². The van der Waals surface area contributed by atoms with E-state index in [0.717, 1.165) is 23.1 Å². The van der Waals surface area contributed by atoms with E-state index in [2.05, 4.69) is 0 Å². The lowest BCUT2D eigenvalue weighted by Crippen LogP contribution is -2.44. The van der Waals surface area contributed by atoms with Crippen molar-refractivity contribution in [2.75, 3.05) is 13.1 Å². The molecule has 0 aliphatic carbocycles. The summed E-state index contributed by atoms with van der Waals surface area (Å²) in [6.07, 6.45) is 2.43. The summed E-state index contributed by atoms with van der Waals surface area (Å²) in [6, 6.07) is 14.3. The third kappa shape index (κ3) is 4.44. The molecule has 1 amide bonds. The van der Waals surface area contributed by atoms with E-state index in [1.807, 2.05) is 31.2 Å². The van der Waals surface area contributed by atoms with Crippen molar-refractivity contribution in [2.24, 2.45) is 5.92 Å². The van der Waals surface area contributed by atoms with Crippen LogP contribution in [-0.2, 0) is 20.8 Å². The maximum absolute atomic E-state index is 13.1. The van der Waals surface area contributed by atoms with Crippen LogP contribution in [0.5, 0.6) is 0 Å². The predicted molar refractivity (Wildman–Crippen MR) is 123 cm³/mol. The number of hydrogen-bond acceptors (Lipinski definition) is 5. The molecule has 0 saturated carbocycles. The number of piperidine rings is 1. The van der Waals surface area contributed by atoms with Crippen molar-refractivity contribution >= 4 is 29.1 Å². The Bertz CT molecular complexity index is 1280. The molecule has 7 nitrogen and oxygen atoms in total. The summed E-state index contributed by atoms with van der Waals surface area (Å²) in [5, 5.41) is 10.0. The van der Waals surface area contributed by atoms with Gasteiger partial charge in [-0.3, -0.25) is 9.59 Å². The Kier molecular flexibility index (Phi) is 6.40. The Morgan fingerprint density at radius 3 is 2.70 bits per heavy atom. The second kappa shape index (κ2) is 9.40. The Labute approximate surface area is 190 Å². The second-order valence-corrected chi connectivity index (χ2v) is 8.32. The number of carboxylic acids is 1. The SMILES string of the molecule is CCc1ccccc1-c1cc(=O)oc2cc(C(C=O)C(=O)N3CCC[C@H](C(=O)O)C3)ccc12. The first-order valence-electron chi connectivity index (χ1n) is 11.1. The normalized spacial score (nSPS) is 17.0. The van der Waals surface area contributed by atoms with Crippen LogP contribution in [0.15, 0.2) is 57.7 Å². The number of amides is 1. The van der Waals surface area contributed by atoms with E-state index >= 15 is 0 Å². The highest BCUT2D eigenvalue weighted by Crippen LogP contribution is 2.32. The monoisotopic (exact) mass is 447 g/mol. The van der Waals surface area contributed by atoms with E-state index < -0.39 is 29.3 Å². The number of fused-ring (bicyclic) bond motifs is 1. The zero-order valence-corrected chi connectivity index (χ0v) is 18.3. The molecule has 0 spiro atoms. The van der Waals surface area contributed by atoms with Gasteiger partial charge in [0.05, 0.1) is 5.92 Å². The van der Waals surface area contributed by atoms with E-state index in [0.29, 0.717) is 42.2 Å². The van der Waals surface area contributed by atoms with Crippen LogP contribution in [0.1, 0.15) is 36.8 Å². The molecule has 4 rings (SSSR count). The lowest BCUT2D eigenvalue weighted by molar-refractivity contribution is -0.146. The van der Waals surface area contributed by atoms with Crippen LogP contribution >= 0.6 is 0 Å². The average molecular weight is 447 g/mol. The molecule has 1 N–H and O–H groups in total. The molecule has 2 atom stereocenters. The fraction of sp³-hybridized carbons (Fsp3) is 0.308. The number of benzene rings is 2. The predicted octanol–water partition coefficient (Wildman–Crippen LogP) is 3.63. The van der Waals surface area contributed by atoms with E-state index in [4.69, 9.17) is 4.42 Å². The minimum Gasteiger partial charge on any atom is -0.481 e. The van der Waals surface area contributed by atoms with Crippen molar-refractivity contribution in [3.8, 4) is 11.1 Å². The van der Waals surface area contributed by atoms with Crippen LogP contribution in [0.2, 0.25) is 0 Å². The number of carboxylic acid groups (broad SMARTS) is 1. The van der Waals surface area contributed by atoms with Crippen molar-refractivity contribution < 1.29 is 23.9 Å². The first-order valence-corrected chi connectivity index (χ1v) is 11.1. The maximum Gasteiger partial charge on any atom is 0.336 e. The standard InChI is InChI=1S/C26H25NO6/c1-2-16-6-3-4-8-19(16)21-13-24(29)33-23-12-17(9-10-20(21)23)22(15-28)25(30)27-11-5-7-18(14-27)26(31)32/h3-4,6,8-10,12-13,15,18,22H,2,5,7,11,14H2,1H3,(H,31,32)/t18-,22?/m0/s1. The quantitative estimate of drug-likeness (QED) is 0.352. The van der Waals surface area contributed by atoms with Gasteiger partial charge >= 0.3 is 11.6 Å². The van der Waals surface area contributed by atoms with Crippen molar-refractivity contribution in [3.63, 3.8) is 0 Å². The number of hydrogen-bond donors (Lipinski definition) is 1. The van der Waals surface area contributed by atoms with Gasteiger partial charge in [-0.1, -0.05) is 43.3 Å². The highest BCUT2D eigenvalue weighted by Gasteiger charge is 2.32. The van der Waals surface area contributed by atoms with E-state index in [1.54, 1.807) is 18.2 Å². The molecule has 1 aliphatic rings. The van der Waals surface area contributed by atoms with Gasteiger partial charge in [0.1, 0.15) is 17.8 Å². The number of carbonyl (C=O) groups is 3. The number of likely N-dealkylation sites (tertiary alicyclic amines) is 1. The number of nitrogens with zero attached hydrogens (tertiary/aromatic N) is 1. The van der Waals surface area contributed by atoms with Gasteiger partial charge in [-0.15, -0.1) is 0 Å². The molecule has 1 saturated heterocycles. The molecule has 1 fully saturated rings. The highest BCUT2D eigenvalue weighted by molar-refractivity contribution is 6.00. The molecular formula is C26H25NO6. The third-order valence-corrected chi connectivity index (χ3v) is 6.30. The molecule has 2 heterocycles. The molecule has 0 radical (unpaired) electrons. The average Bonchev–Trinajstić information content (AvgIpc) is 2.83. The highest BCUT2D eigenvalue weighted by atomic mass is 16.4. The van der Waals surface area contributed by atoms with Crippen LogP contribution in [-0.4, -0.2) is 41.3 Å². The van der Waals surface area contributed by atoms with E-state index in [1.165, 1.54) is 11.0 Å². The fourth-order valence-corrected chi connectivity index (χ4v) is 4.54. The number of carbonyl (C=O) groups excluding carboxylic acids is 2. The molecule has 1 aliphatic heterocycles. The molecule has 33 heavy (non-hydrogen) atoms. The third-order valence-electron chi connectivity index (χ3n) is 6.30. The van der Waals surface area contributed by atoms with Crippen LogP contribution in [0.25, 0.3) is 22.1 Å². The topological polar surface area (TPSA) is 105 Å². The van der Waals surface area contributed by atoms with Gasteiger partial charge in [-0.2, -0.15) is 0 Å². The van der Waals surface area contributed by atoms with Crippen LogP contribution < -0.4 is 5.63 Å². The summed E-state index contributed by atoms with van der Waals surface area (Å²) in [5.41, 5.74) is 2.94. The summed E-state index contributed by atoms with van der Waals surface area (Å²) in [4.78, 5) is 50.1. The fourth-order valence-electron chi connectivity index (χ4n) is 4.54. The molecular weight excluding hydrogens is 422 g/mol. The summed E-state index contributed by atoms with van der Waals surface area (Å²) in [6.45, 7) is 2.53. The number of aliphatic carboxylic acids is 1. The lowest BCUT2D eigenvalue weighted by atomic mass is 9.92. The van der Waals surface area contributed by atoms with Crippen LogP contribution in [0.4, 0.5) is 0 Å². The molecule has 7 heteroatoms. The summed E-state index contributed by atoms with van der Waals surface area (Å²) < 4.78 is 5.43. The van der Waals surface area contributed by atoms with Crippen molar-refractivity contribution in [2.45, 2.75) is 32.1 Å². The Balaban J connectivity index is 1.73.